The third-order valence-electron chi connectivity index (χ3n) is 10.9. The predicted molar refractivity (Wildman–Crippen MR) is 230 cm³/mol. The second-order valence-corrected chi connectivity index (χ2v) is 14.1. The lowest BCUT2D eigenvalue weighted by molar-refractivity contribution is 1.18. The number of rotatable bonds is 6. The highest BCUT2D eigenvalue weighted by molar-refractivity contribution is 6.17. The third-order valence-corrected chi connectivity index (χ3v) is 10.9. The molecule has 0 fully saturated rings. The summed E-state index contributed by atoms with van der Waals surface area (Å²) in [6, 6.07) is 64.6. The summed E-state index contributed by atoms with van der Waals surface area (Å²) in [4.78, 5) is 14.2. The zero-order valence-corrected chi connectivity index (χ0v) is 30.3. The maximum absolute atomic E-state index is 4.89. The quantitative estimate of drug-likeness (QED) is 0.172. The zero-order chi connectivity index (χ0) is 37.0. The first kappa shape index (κ1) is 31.9. The normalized spacial score (nSPS) is 11.6. The highest BCUT2D eigenvalue weighted by Gasteiger charge is 2.19. The second-order valence-electron chi connectivity index (χ2n) is 14.1. The van der Waals surface area contributed by atoms with Crippen molar-refractivity contribution in [2.24, 2.45) is 0 Å². The number of benzene rings is 6. The molecule has 0 spiro atoms. The van der Waals surface area contributed by atoms with Crippen molar-refractivity contribution >= 4 is 43.7 Å². The lowest BCUT2D eigenvalue weighted by Gasteiger charge is -2.13. The Labute approximate surface area is 323 Å². The molecule has 0 aliphatic carbocycles. The molecule has 0 saturated carbocycles. The van der Waals surface area contributed by atoms with Gasteiger partial charge in [0.2, 0.25) is 0 Å². The van der Waals surface area contributed by atoms with E-state index in [1.165, 1.54) is 27.4 Å². The van der Waals surface area contributed by atoms with Crippen LogP contribution in [-0.4, -0.2) is 24.1 Å². The molecular weight excluding hydrogens is 683 g/mol. The Morgan fingerprint density at radius 1 is 0.321 bits per heavy atom. The van der Waals surface area contributed by atoms with E-state index in [1.807, 2.05) is 48.9 Å². The molecule has 6 aromatic carbocycles. The van der Waals surface area contributed by atoms with Crippen LogP contribution in [0, 0.1) is 0 Å². The molecule has 11 rings (SSSR count). The topological polar surface area (TPSA) is 48.5 Å². The first-order valence-electron chi connectivity index (χ1n) is 18.8. The highest BCUT2D eigenvalue weighted by atomic mass is 15.0. The van der Waals surface area contributed by atoms with Crippen LogP contribution < -0.4 is 0 Å². The van der Waals surface area contributed by atoms with Crippen molar-refractivity contribution in [2.45, 2.75) is 0 Å². The molecule has 5 nitrogen and oxygen atoms in total. The molecule has 0 unspecified atom stereocenters. The summed E-state index contributed by atoms with van der Waals surface area (Å²) in [7, 11) is 0. The van der Waals surface area contributed by atoms with Gasteiger partial charge < -0.3 is 9.13 Å². The molecular formula is C51H33N5. The van der Waals surface area contributed by atoms with Gasteiger partial charge in [-0.05, 0) is 125 Å². The molecule has 5 aromatic heterocycles. The zero-order valence-electron chi connectivity index (χ0n) is 30.3. The van der Waals surface area contributed by atoms with Crippen LogP contribution in [0.2, 0.25) is 0 Å². The molecule has 5 heteroatoms. The largest absolute Gasteiger partial charge is 0.309 e. The van der Waals surface area contributed by atoms with Gasteiger partial charge in [0.25, 0.3) is 0 Å². The van der Waals surface area contributed by atoms with E-state index >= 15 is 0 Å². The van der Waals surface area contributed by atoms with Gasteiger partial charge in [0.15, 0.2) is 0 Å². The van der Waals surface area contributed by atoms with Gasteiger partial charge >= 0.3 is 0 Å². The molecule has 0 aliphatic heterocycles. The third kappa shape index (κ3) is 5.21. The van der Waals surface area contributed by atoms with E-state index in [0.717, 1.165) is 72.5 Å². The molecule has 262 valence electrons. The van der Waals surface area contributed by atoms with Gasteiger partial charge in [-0.25, -0.2) is 0 Å². The van der Waals surface area contributed by atoms with Crippen LogP contribution in [0.5, 0.6) is 0 Å². The Kier molecular flexibility index (Phi) is 7.42. The Bertz CT molecular complexity index is 3160. The van der Waals surface area contributed by atoms with Gasteiger partial charge in [0.05, 0.1) is 39.0 Å². The van der Waals surface area contributed by atoms with E-state index in [4.69, 9.17) is 4.98 Å². The van der Waals surface area contributed by atoms with Crippen LogP contribution in [-0.2, 0) is 0 Å². The maximum Gasteiger partial charge on any atom is 0.0963 e. The molecule has 56 heavy (non-hydrogen) atoms. The highest BCUT2D eigenvalue weighted by Crippen LogP contribution is 2.41. The number of pyridine rings is 3. The Balaban J connectivity index is 1.07. The van der Waals surface area contributed by atoms with Gasteiger partial charge in [-0.15, -0.1) is 0 Å². The number of hydrogen-bond acceptors (Lipinski definition) is 3. The minimum absolute atomic E-state index is 0.928. The lowest BCUT2D eigenvalue weighted by atomic mass is 9.96. The van der Waals surface area contributed by atoms with E-state index in [-0.39, 0.29) is 0 Å². The Morgan fingerprint density at radius 3 is 1.68 bits per heavy atom. The summed E-state index contributed by atoms with van der Waals surface area (Å²) in [6.45, 7) is 0. The summed E-state index contributed by atoms with van der Waals surface area (Å²) in [6.07, 6.45) is 5.56. The number of nitrogens with zero attached hydrogens (tertiary/aromatic N) is 5. The average molecular weight is 716 g/mol. The molecule has 5 heterocycles. The molecule has 11 aromatic rings. The molecule has 0 amide bonds. The fraction of sp³-hybridized carbons (Fsp3) is 0. The van der Waals surface area contributed by atoms with Crippen LogP contribution in [0.3, 0.4) is 0 Å². The van der Waals surface area contributed by atoms with E-state index in [2.05, 4.69) is 171 Å². The van der Waals surface area contributed by atoms with Gasteiger partial charge in [-0.3, -0.25) is 15.0 Å². The minimum Gasteiger partial charge on any atom is -0.309 e. The van der Waals surface area contributed by atoms with E-state index < -0.39 is 0 Å². The summed E-state index contributed by atoms with van der Waals surface area (Å²) < 4.78 is 4.72. The Morgan fingerprint density at radius 2 is 0.929 bits per heavy atom. The van der Waals surface area contributed by atoms with Crippen molar-refractivity contribution in [3.8, 4) is 56.1 Å². The average Bonchev–Trinajstić information content (AvgIpc) is 3.80. The standard InChI is InChI=1S/C51H33N5/c1-2-12-39(13-3-1)55-46-18-5-4-14-42(46)50-41(15-10-19-47(50)55)35-23-26-43-49(33-35)56(48-20-11-29-54-51(43)48)40-24-21-34(22-25-40)36-30-37(44-16-6-8-27-52-44)32-38(31-36)45-17-7-9-28-53-45/h1-33H. The lowest BCUT2D eigenvalue weighted by Crippen LogP contribution is -1.95. The van der Waals surface area contributed by atoms with Crippen molar-refractivity contribution in [2.75, 3.05) is 0 Å². The summed E-state index contributed by atoms with van der Waals surface area (Å²) in [5.41, 5.74) is 16.3. The maximum atomic E-state index is 4.89. The van der Waals surface area contributed by atoms with E-state index in [0.29, 0.717) is 0 Å². The number of para-hydroxylation sites is 2. The van der Waals surface area contributed by atoms with Crippen LogP contribution in [0.25, 0.3) is 99.9 Å². The first-order chi connectivity index (χ1) is 27.8. The monoisotopic (exact) mass is 715 g/mol. The molecule has 0 radical (unpaired) electrons. The van der Waals surface area contributed by atoms with Crippen LogP contribution >= 0.6 is 0 Å². The molecule has 0 N–H and O–H groups in total. The minimum atomic E-state index is 0.928. The summed E-state index contributed by atoms with van der Waals surface area (Å²) in [5, 5.41) is 3.60. The first-order valence-corrected chi connectivity index (χ1v) is 18.8. The van der Waals surface area contributed by atoms with Crippen molar-refractivity contribution in [1.82, 2.24) is 24.1 Å². The van der Waals surface area contributed by atoms with Crippen molar-refractivity contribution in [3.05, 3.63) is 201 Å². The Hall–Kier alpha value is -7.63. The van der Waals surface area contributed by atoms with E-state index in [9.17, 15) is 0 Å². The van der Waals surface area contributed by atoms with E-state index in [1.54, 1.807) is 0 Å². The van der Waals surface area contributed by atoms with Gasteiger partial charge in [0, 0.05) is 57.3 Å². The smallest absolute Gasteiger partial charge is 0.0963 e. The van der Waals surface area contributed by atoms with Crippen molar-refractivity contribution in [1.29, 1.82) is 0 Å². The molecule has 0 bridgehead atoms. The number of aromatic nitrogens is 5. The summed E-state index contributed by atoms with van der Waals surface area (Å²) >= 11 is 0. The van der Waals surface area contributed by atoms with Gasteiger partial charge in [0.1, 0.15) is 0 Å². The van der Waals surface area contributed by atoms with Crippen molar-refractivity contribution < 1.29 is 0 Å². The SMILES string of the molecule is c1ccc(-n2c3ccccc3c3c(-c4ccc5c6ncccc6n(-c6ccc(-c7cc(-c8ccccn8)cc(-c8ccccn8)c7)cc6)c5c4)cccc32)cc1. The molecule has 0 aliphatic rings. The fourth-order valence-corrected chi connectivity index (χ4v) is 8.35. The molecule has 0 saturated heterocycles. The number of hydrogen-bond donors (Lipinski definition) is 0. The number of fused-ring (bicyclic) bond motifs is 6. The van der Waals surface area contributed by atoms with Gasteiger partial charge in [-0.1, -0.05) is 78.9 Å². The van der Waals surface area contributed by atoms with Crippen LogP contribution in [0.4, 0.5) is 0 Å². The van der Waals surface area contributed by atoms with Crippen LogP contribution in [0.15, 0.2) is 201 Å². The molecule has 0 atom stereocenters. The van der Waals surface area contributed by atoms with Crippen LogP contribution in [0.1, 0.15) is 0 Å². The fourth-order valence-electron chi connectivity index (χ4n) is 8.35. The van der Waals surface area contributed by atoms with Gasteiger partial charge in [-0.2, -0.15) is 0 Å². The second kappa shape index (κ2) is 13.0. The predicted octanol–water partition coefficient (Wildman–Crippen LogP) is 12.7. The summed E-state index contributed by atoms with van der Waals surface area (Å²) in [5.74, 6) is 0. The van der Waals surface area contributed by atoms with Crippen molar-refractivity contribution in [3.63, 3.8) is 0 Å².